The highest BCUT2D eigenvalue weighted by atomic mass is 35.5. The number of likely N-dealkylation sites (tertiary alicyclic amines) is 1. The normalized spacial score (nSPS) is 19.3. The van der Waals surface area contributed by atoms with Crippen LogP contribution in [0.2, 0.25) is 10.0 Å². The average molecular weight is 421 g/mol. The van der Waals surface area contributed by atoms with Gasteiger partial charge in [-0.1, -0.05) is 53.9 Å². The smallest absolute Gasteiger partial charge is 0.320 e. The van der Waals surface area contributed by atoms with Gasteiger partial charge in [-0.3, -0.25) is 9.69 Å². The Hall–Kier alpha value is -1.66. The average Bonchev–Trinajstić information content (AvgIpc) is 3.09. The number of benzene rings is 2. The molecule has 4 rings (SSSR count). The van der Waals surface area contributed by atoms with Crippen LogP contribution in [0.4, 0.5) is 0 Å². The van der Waals surface area contributed by atoms with Crippen LogP contribution in [0.1, 0.15) is 35.9 Å². The Balaban J connectivity index is 1.89. The molecule has 2 aromatic carbocycles. The fourth-order valence-corrected chi connectivity index (χ4v) is 5.24. The van der Waals surface area contributed by atoms with Crippen LogP contribution in [0.15, 0.2) is 42.5 Å². The summed E-state index contributed by atoms with van der Waals surface area (Å²) in [6.07, 6.45) is 2.47. The van der Waals surface area contributed by atoms with Gasteiger partial charge in [0, 0.05) is 6.54 Å². The summed E-state index contributed by atoms with van der Waals surface area (Å²) in [5.74, 6) is -0.807. The molecule has 1 saturated heterocycles. The predicted molar refractivity (Wildman–Crippen MR) is 110 cm³/mol. The second-order valence-electron chi connectivity index (χ2n) is 6.65. The zero-order valence-electron chi connectivity index (χ0n) is 14.4. The highest BCUT2D eigenvalue weighted by Gasteiger charge is 2.37. The molecule has 27 heavy (non-hydrogen) atoms. The lowest BCUT2D eigenvalue weighted by molar-refractivity contribution is -0.145. The molecule has 2 unspecified atom stereocenters. The number of hydrogen-bond acceptors (Lipinski definition) is 4. The monoisotopic (exact) mass is 420 g/mol. The predicted octanol–water partition coefficient (Wildman–Crippen LogP) is 5.63. The van der Waals surface area contributed by atoms with Gasteiger partial charge in [-0.25, -0.2) is 4.98 Å². The minimum absolute atomic E-state index is 0.338. The van der Waals surface area contributed by atoms with Crippen LogP contribution in [-0.4, -0.2) is 33.5 Å². The zero-order chi connectivity index (χ0) is 19.0. The number of rotatable bonds is 4. The van der Waals surface area contributed by atoms with Gasteiger partial charge in [0.25, 0.3) is 0 Å². The van der Waals surface area contributed by atoms with E-state index in [-0.39, 0.29) is 6.04 Å². The number of para-hydroxylation sites is 1. The summed E-state index contributed by atoms with van der Waals surface area (Å²) >= 11 is 14.4. The number of carboxylic acid groups (broad SMARTS) is 1. The van der Waals surface area contributed by atoms with Crippen LogP contribution in [0.3, 0.4) is 0 Å². The van der Waals surface area contributed by atoms with E-state index in [0.29, 0.717) is 23.0 Å². The molecular weight excluding hydrogens is 403 g/mol. The summed E-state index contributed by atoms with van der Waals surface area (Å²) in [6.45, 7) is 0.681. The molecule has 2 atom stereocenters. The van der Waals surface area contributed by atoms with E-state index in [2.05, 4.69) is 0 Å². The van der Waals surface area contributed by atoms with Crippen molar-refractivity contribution in [3.63, 3.8) is 0 Å². The van der Waals surface area contributed by atoms with Crippen molar-refractivity contribution in [3.8, 4) is 0 Å². The fourth-order valence-electron chi connectivity index (χ4n) is 3.72. The van der Waals surface area contributed by atoms with Crippen molar-refractivity contribution in [2.24, 2.45) is 0 Å². The van der Waals surface area contributed by atoms with E-state index in [1.165, 1.54) is 0 Å². The maximum Gasteiger partial charge on any atom is 0.320 e. The Morgan fingerprint density at radius 1 is 1.19 bits per heavy atom. The van der Waals surface area contributed by atoms with Crippen LogP contribution in [-0.2, 0) is 4.79 Å². The summed E-state index contributed by atoms with van der Waals surface area (Å²) in [5, 5.41) is 11.6. The minimum Gasteiger partial charge on any atom is -0.480 e. The number of hydrogen-bond donors (Lipinski definition) is 1. The zero-order valence-corrected chi connectivity index (χ0v) is 16.8. The molecule has 0 bridgehead atoms. The number of nitrogens with zero attached hydrogens (tertiary/aromatic N) is 2. The van der Waals surface area contributed by atoms with Gasteiger partial charge in [0.1, 0.15) is 11.0 Å². The number of carbonyl (C=O) groups is 1. The molecule has 1 aromatic heterocycles. The number of aromatic nitrogens is 1. The fraction of sp³-hybridized carbons (Fsp3) is 0.300. The second-order valence-corrected chi connectivity index (χ2v) is 8.50. The van der Waals surface area contributed by atoms with Crippen molar-refractivity contribution in [3.05, 3.63) is 63.1 Å². The van der Waals surface area contributed by atoms with Crippen molar-refractivity contribution in [2.45, 2.75) is 31.3 Å². The largest absolute Gasteiger partial charge is 0.480 e. The molecule has 1 aliphatic rings. The standard InChI is InChI=1S/C20H18Cl2N2O2S/c21-13-7-5-6-12(17(13)22)18(24-11-4-3-9-15(24)20(25)26)19-23-14-8-1-2-10-16(14)27-19/h1-2,5-8,10,15,18H,3-4,9,11H2,(H,25,26). The van der Waals surface area contributed by atoms with Gasteiger partial charge in [0.2, 0.25) is 0 Å². The summed E-state index contributed by atoms with van der Waals surface area (Å²) < 4.78 is 1.07. The van der Waals surface area contributed by atoms with Crippen molar-refractivity contribution < 1.29 is 9.90 Å². The van der Waals surface area contributed by atoms with Crippen LogP contribution in [0, 0.1) is 0 Å². The van der Waals surface area contributed by atoms with Gasteiger partial charge in [-0.15, -0.1) is 11.3 Å². The van der Waals surface area contributed by atoms with Gasteiger partial charge in [0.05, 0.1) is 26.3 Å². The number of carboxylic acids is 1. The lowest BCUT2D eigenvalue weighted by atomic mass is 9.96. The van der Waals surface area contributed by atoms with E-state index in [1.807, 2.05) is 41.3 Å². The minimum atomic E-state index is -0.807. The molecule has 4 nitrogen and oxygen atoms in total. The van der Waals surface area contributed by atoms with Crippen LogP contribution >= 0.6 is 34.5 Å². The van der Waals surface area contributed by atoms with Crippen LogP contribution < -0.4 is 0 Å². The van der Waals surface area contributed by atoms with Gasteiger partial charge in [0.15, 0.2) is 0 Å². The molecule has 0 aliphatic carbocycles. The molecule has 140 valence electrons. The van der Waals surface area contributed by atoms with Crippen molar-refractivity contribution in [2.75, 3.05) is 6.54 Å². The molecule has 3 aromatic rings. The first-order valence-corrected chi connectivity index (χ1v) is 10.4. The summed E-state index contributed by atoms with van der Waals surface area (Å²) in [6, 6.07) is 12.5. The lowest BCUT2D eigenvalue weighted by Crippen LogP contribution is -2.46. The summed E-state index contributed by atoms with van der Waals surface area (Å²) in [5.41, 5.74) is 1.71. The maximum absolute atomic E-state index is 11.9. The Bertz CT molecular complexity index is 958. The molecular formula is C20H18Cl2N2O2S. The molecule has 2 heterocycles. The quantitative estimate of drug-likeness (QED) is 0.593. The molecule has 0 radical (unpaired) electrons. The van der Waals surface area contributed by atoms with Gasteiger partial charge < -0.3 is 5.11 Å². The van der Waals surface area contributed by atoms with E-state index in [9.17, 15) is 9.90 Å². The molecule has 0 saturated carbocycles. The third-order valence-corrected chi connectivity index (χ3v) is 6.90. The molecule has 1 fully saturated rings. The topological polar surface area (TPSA) is 53.4 Å². The van der Waals surface area contributed by atoms with E-state index < -0.39 is 12.0 Å². The third kappa shape index (κ3) is 3.57. The van der Waals surface area contributed by atoms with Gasteiger partial charge >= 0.3 is 5.97 Å². The highest BCUT2D eigenvalue weighted by molar-refractivity contribution is 7.18. The summed E-state index contributed by atoms with van der Waals surface area (Å²) in [7, 11) is 0. The maximum atomic E-state index is 11.9. The summed E-state index contributed by atoms with van der Waals surface area (Å²) in [4.78, 5) is 18.8. The number of halogens is 2. The van der Waals surface area contributed by atoms with E-state index in [0.717, 1.165) is 33.6 Å². The van der Waals surface area contributed by atoms with Gasteiger partial charge in [-0.2, -0.15) is 0 Å². The molecule has 0 amide bonds. The molecule has 1 aliphatic heterocycles. The number of piperidine rings is 1. The number of aliphatic carboxylic acids is 1. The van der Waals surface area contributed by atoms with Crippen molar-refractivity contribution in [1.82, 2.24) is 9.88 Å². The van der Waals surface area contributed by atoms with Crippen molar-refractivity contribution in [1.29, 1.82) is 0 Å². The number of thiazole rings is 1. The van der Waals surface area contributed by atoms with Gasteiger partial charge in [-0.05, 0) is 36.6 Å². The first-order valence-electron chi connectivity index (χ1n) is 8.84. The molecule has 1 N–H and O–H groups in total. The SMILES string of the molecule is O=C(O)C1CCCCN1C(c1nc2ccccc2s1)c1cccc(Cl)c1Cl. The Kier molecular flexibility index (Phi) is 5.37. The second kappa shape index (κ2) is 7.76. The first kappa shape index (κ1) is 18.7. The first-order chi connectivity index (χ1) is 13.1. The van der Waals surface area contributed by atoms with E-state index in [4.69, 9.17) is 28.2 Å². The van der Waals surface area contributed by atoms with E-state index >= 15 is 0 Å². The number of fused-ring (bicyclic) bond motifs is 1. The van der Waals surface area contributed by atoms with E-state index in [1.54, 1.807) is 17.4 Å². The van der Waals surface area contributed by atoms with Crippen LogP contribution in [0.25, 0.3) is 10.2 Å². The Labute approximate surface area is 171 Å². The molecule has 7 heteroatoms. The Morgan fingerprint density at radius 2 is 2.00 bits per heavy atom. The van der Waals surface area contributed by atoms with Crippen molar-refractivity contribution >= 4 is 50.7 Å². The lowest BCUT2D eigenvalue weighted by Gasteiger charge is -2.38. The van der Waals surface area contributed by atoms with Crippen LogP contribution in [0.5, 0.6) is 0 Å². The molecule has 0 spiro atoms. The Morgan fingerprint density at radius 3 is 2.78 bits per heavy atom. The highest BCUT2D eigenvalue weighted by Crippen LogP contribution is 2.41. The third-order valence-electron chi connectivity index (χ3n) is 4.98.